The Labute approximate surface area is 206 Å². The van der Waals surface area contributed by atoms with E-state index in [1.54, 1.807) is 29.0 Å². The summed E-state index contributed by atoms with van der Waals surface area (Å²) in [7, 11) is 1.93. The summed E-state index contributed by atoms with van der Waals surface area (Å²) in [6, 6.07) is 15.8. The summed E-state index contributed by atoms with van der Waals surface area (Å²) in [6.45, 7) is 5.65. The Morgan fingerprint density at radius 1 is 1.14 bits per heavy atom. The highest BCUT2D eigenvalue weighted by molar-refractivity contribution is 7.20. The average Bonchev–Trinajstić information content (AvgIpc) is 3.46. The Morgan fingerprint density at radius 2 is 1.86 bits per heavy atom. The van der Waals surface area contributed by atoms with E-state index >= 15 is 0 Å². The van der Waals surface area contributed by atoms with Crippen molar-refractivity contribution in [3.63, 3.8) is 0 Å². The van der Waals surface area contributed by atoms with Crippen LogP contribution in [-0.4, -0.2) is 35.2 Å². The molecule has 0 spiro atoms. The van der Waals surface area contributed by atoms with Crippen molar-refractivity contribution in [1.29, 1.82) is 0 Å². The van der Waals surface area contributed by atoms with Gasteiger partial charge in [0.05, 0.1) is 11.4 Å². The molecule has 0 saturated heterocycles. The third-order valence-electron chi connectivity index (χ3n) is 6.40. The minimum Gasteiger partial charge on any atom is -0.453 e. The fraction of sp³-hybridized carbons (Fsp3) is 0.222. The topological polar surface area (TPSA) is 64.4 Å². The van der Waals surface area contributed by atoms with Gasteiger partial charge in [0.15, 0.2) is 12.4 Å². The molecule has 0 N–H and O–H groups in total. The average molecular weight is 490 g/mol. The molecule has 0 amide bonds. The number of aromatic nitrogens is 2. The zero-order valence-electron chi connectivity index (χ0n) is 19.8. The summed E-state index contributed by atoms with van der Waals surface area (Å²) in [5.41, 5.74) is 4.17. The first-order valence-corrected chi connectivity index (χ1v) is 12.0. The molecule has 2 aromatic carbocycles. The van der Waals surface area contributed by atoms with Crippen molar-refractivity contribution >= 4 is 39.0 Å². The third-order valence-corrected chi connectivity index (χ3v) is 7.49. The third kappa shape index (κ3) is 3.93. The van der Waals surface area contributed by atoms with Crippen LogP contribution in [-0.2, 0) is 14.9 Å². The van der Waals surface area contributed by atoms with E-state index in [2.05, 4.69) is 25.0 Å². The summed E-state index contributed by atoms with van der Waals surface area (Å²) in [6.07, 6.45) is 1.56. The Morgan fingerprint density at radius 3 is 2.57 bits per heavy atom. The Kier molecular flexibility index (Phi) is 5.56. The zero-order chi connectivity index (χ0) is 24.9. The van der Waals surface area contributed by atoms with Gasteiger partial charge in [-0.15, -0.1) is 11.3 Å². The second-order valence-electron chi connectivity index (χ2n) is 9.08. The van der Waals surface area contributed by atoms with Gasteiger partial charge in [0.2, 0.25) is 0 Å². The predicted molar refractivity (Wildman–Crippen MR) is 135 cm³/mol. The molecule has 178 valence electrons. The van der Waals surface area contributed by atoms with Gasteiger partial charge in [-0.2, -0.15) is 5.10 Å². The van der Waals surface area contributed by atoms with Gasteiger partial charge >= 0.3 is 5.97 Å². The number of rotatable bonds is 5. The van der Waals surface area contributed by atoms with Crippen molar-refractivity contribution in [3.8, 4) is 5.69 Å². The van der Waals surface area contributed by atoms with Crippen LogP contribution in [0, 0.1) is 12.7 Å². The molecule has 0 saturated carbocycles. The molecule has 1 aliphatic heterocycles. The van der Waals surface area contributed by atoms with Crippen molar-refractivity contribution in [2.24, 2.45) is 0 Å². The predicted octanol–water partition coefficient (Wildman–Crippen LogP) is 5.57. The highest BCUT2D eigenvalue weighted by atomic mass is 32.1. The van der Waals surface area contributed by atoms with Gasteiger partial charge < -0.3 is 9.64 Å². The van der Waals surface area contributed by atoms with Crippen molar-refractivity contribution < 1.29 is 18.7 Å². The molecule has 6 nitrogen and oxygen atoms in total. The van der Waals surface area contributed by atoms with E-state index < -0.39 is 5.97 Å². The van der Waals surface area contributed by atoms with Crippen molar-refractivity contribution in [2.75, 3.05) is 18.6 Å². The number of esters is 1. The number of thiophene rings is 1. The highest BCUT2D eigenvalue weighted by Crippen LogP contribution is 2.46. The Hall–Kier alpha value is -3.78. The largest absolute Gasteiger partial charge is 0.453 e. The van der Waals surface area contributed by atoms with E-state index in [0.29, 0.717) is 10.6 Å². The lowest BCUT2D eigenvalue weighted by molar-refractivity contribution is -0.117. The van der Waals surface area contributed by atoms with Crippen LogP contribution in [0.1, 0.15) is 34.8 Å². The van der Waals surface area contributed by atoms with Gasteiger partial charge in [0, 0.05) is 35.3 Å². The van der Waals surface area contributed by atoms with Crippen LogP contribution in [0.4, 0.5) is 10.1 Å². The van der Waals surface area contributed by atoms with E-state index in [4.69, 9.17) is 4.74 Å². The normalized spacial score (nSPS) is 15.6. The van der Waals surface area contributed by atoms with Crippen LogP contribution in [0.2, 0.25) is 0 Å². The zero-order valence-corrected chi connectivity index (χ0v) is 20.6. The number of hydrogen-bond acceptors (Lipinski definition) is 6. The molecule has 0 fully saturated rings. The second kappa shape index (κ2) is 8.46. The Bertz CT molecular complexity index is 1500. The number of likely N-dealkylation sites (N-methyl/N-ethyl adjacent to an activating group) is 1. The summed E-state index contributed by atoms with van der Waals surface area (Å²) < 4.78 is 20.4. The molecule has 0 radical (unpaired) electrons. The number of carbonyl (C=O) groups excluding carboxylic acids is 2. The van der Waals surface area contributed by atoms with Gasteiger partial charge in [0.1, 0.15) is 15.5 Å². The number of aryl methyl sites for hydroxylation is 1. The second-order valence-corrected chi connectivity index (χ2v) is 10.1. The first-order valence-electron chi connectivity index (χ1n) is 11.2. The fourth-order valence-electron chi connectivity index (χ4n) is 4.57. The van der Waals surface area contributed by atoms with Gasteiger partial charge in [0.25, 0.3) is 0 Å². The smallest absolute Gasteiger partial charge is 0.348 e. The molecule has 0 bridgehead atoms. The summed E-state index contributed by atoms with van der Waals surface area (Å²) >= 11 is 1.23. The molecule has 1 aliphatic rings. The number of benzene rings is 2. The number of para-hydroxylation sites is 1. The minimum absolute atomic E-state index is 0.282. The quantitative estimate of drug-likeness (QED) is 0.271. The lowest BCUT2D eigenvalue weighted by atomic mass is 9.83. The molecule has 0 aliphatic carbocycles. The number of allylic oxidation sites excluding steroid dienone is 1. The van der Waals surface area contributed by atoms with E-state index in [1.807, 2.05) is 37.1 Å². The number of ketones is 1. The molecule has 35 heavy (non-hydrogen) atoms. The molecule has 5 rings (SSSR count). The minimum atomic E-state index is -0.565. The molecule has 3 heterocycles. The van der Waals surface area contributed by atoms with Crippen LogP contribution < -0.4 is 4.90 Å². The van der Waals surface area contributed by atoms with Crippen LogP contribution in [0.15, 0.2) is 66.4 Å². The van der Waals surface area contributed by atoms with Crippen LogP contribution in [0.3, 0.4) is 0 Å². The molecule has 0 unspecified atom stereocenters. The first-order chi connectivity index (χ1) is 16.7. The van der Waals surface area contributed by atoms with E-state index in [0.717, 1.165) is 32.9 Å². The lowest BCUT2D eigenvalue weighted by Crippen LogP contribution is -2.25. The van der Waals surface area contributed by atoms with Gasteiger partial charge in [-0.05, 0) is 48.9 Å². The maximum Gasteiger partial charge on any atom is 0.348 e. The SMILES string of the molecule is Cc1nn(-c2ccc(F)cc2)c2sc(C(=O)OCC(=O)C=C3N(C)c4ccccc4C3(C)C)cc12. The summed E-state index contributed by atoms with van der Waals surface area (Å²) in [5.74, 6) is -1.18. The van der Waals surface area contributed by atoms with Crippen LogP contribution in [0.25, 0.3) is 15.9 Å². The number of nitrogens with zero attached hydrogens (tertiary/aromatic N) is 3. The number of ether oxygens (including phenoxy) is 1. The number of fused-ring (bicyclic) bond motifs is 2. The monoisotopic (exact) mass is 489 g/mol. The van der Waals surface area contributed by atoms with Gasteiger partial charge in [-0.1, -0.05) is 32.0 Å². The van der Waals surface area contributed by atoms with Gasteiger partial charge in [-0.25, -0.2) is 13.9 Å². The van der Waals surface area contributed by atoms with Crippen molar-refractivity contribution in [1.82, 2.24) is 9.78 Å². The maximum atomic E-state index is 13.3. The van der Waals surface area contributed by atoms with Crippen molar-refractivity contribution in [3.05, 3.63) is 88.3 Å². The van der Waals surface area contributed by atoms with Gasteiger partial charge in [-0.3, -0.25) is 4.79 Å². The molecule has 0 atom stereocenters. The molecule has 4 aromatic rings. The Balaban J connectivity index is 1.33. The van der Waals surface area contributed by atoms with E-state index in [9.17, 15) is 14.0 Å². The van der Waals surface area contributed by atoms with E-state index in [-0.39, 0.29) is 23.6 Å². The highest BCUT2D eigenvalue weighted by Gasteiger charge is 2.38. The number of halogens is 1. The lowest BCUT2D eigenvalue weighted by Gasteiger charge is -2.23. The van der Waals surface area contributed by atoms with Crippen LogP contribution in [0.5, 0.6) is 0 Å². The number of hydrogen-bond donors (Lipinski definition) is 0. The first kappa shape index (κ1) is 23.0. The summed E-state index contributed by atoms with van der Waals surface area (Å²) in [5, 5.41) is 5.32. The molecule has 8 heteroatoms. The fourth-order valence-corrected chi connectivity index (χ4v) is 5.64. The number of carbonyl (C=O) groups is 2. The number of anilines is 1. The molecular formula is C27H24FN3O3S. The standard InChI is InChI=1S/C27H24FN3O3S/c1-16-20-14-23(35-25(20)31(29-16)18-11-9-17(28)10-12-18)26(33)34-15-19(32)13-24-27(2,3)21-7-5-6-8-22(21)30(24)4/h5-14H,15H2,1-4H3. The van der Waals surface area contributed by atoms with Crippen LogP contribution >= 0.6 is 11.3 Å². The molecule has 2 aromatic heterocycles. The van der Waals surface area contributed by atoms with Crippen molar-refractivity contribution in [2.45, 2.75) is 26.2 Å². The molecular weight excluding hydrogens is 465 g/mol. The maximum absolute atomic E-state index is 13.3. The summed E-state index contributed by atoms with van der Waals surface area (Å²) in [4.78, 5) is 28.6. The van der Waals surface area contributed by atoms with E-state index in [1.165, 1.54) is 23.5 Å².